The van der Waals surface area contributed by atoms with E-state index in [9.17, 15) is 14.4 Å². The van der Waals surface area contributed by atoms with E-state index in [1.807, 2.05) is 58.0 Å². The zero-order valence-electron chi connectivity index (χ0n) is 15.7. The molecule has 4 nitrogen and oxygen atoms in total. The molecule has 0 saturated heterocycles. The summed E-state index contributed by atoms with van der Waals surface area (Å²) >= 11 is 0. The van der Waals surface area contributed by atoms with E-state index in [1.54, 1.807) is 0 Å². The van der Waals surface area contributed by atoms with Crippen LogP contribution in [0.25, 0.3) is 0 Å². The summed E-state index contributed by atoms with van der Waals surface area (Å²) in [4.78, 5) is 38.5. The van der Waals surface area contributed by atoms with Gasteiger partial charge >= 0.3 is 0 Å². The van der Waals surface area contributed by atoms with Crippen molar-refractivity contribution in [2.75, 3.05) is 6.54 Å². The first kappa shape index (κ1) is 19.4. The lowest BCUT2D eigenvalue weighted by Gasteiger charge is -2.40. The predicted octanol–water partition coefficient (Wildman–Crippen LogP) is 3.34. The second kappa shape index (κ2) is 7.51. The van der Waals surface area contributed by atoms with Crippen molar-refractivity contribution in [3.63, 3.8) is 0 Å². The highest BCUT2D eigenvalue weighted by atomic mass is 16.2. The molecule has 1 amide bonds. The van der Waals surface area contributed by atoms with Crippen LogP contribution in [0.5, 0.6) is 0 Å². The van der Waals surface area contributed by atoms with Crippen molar-refractivity contribution in [2.45, 2.75) is 53.4 Å². The first-order chi connectivity index (χ1) is 11.6. The number of nitrogens with one attached hydrogen (secondary N) is 1. The Kier molecular flexibility index (Phi) is 5.81. The monoisotopic (exact) mass is 343 g/mol. The van der Waals surface area contributed by atoms with E-state index in [-0.39, 0.29) is 29.3 Å². The summed E-state index contributed by atoms with van der Waals surface area (Å²) < 4.78 is 0. The maximum absolute atomic E-state index is 13.0. The first-order valence-electron chi connectivity index (χ1n) is 9.02. The highest BCUT2D eigenvalue weighted by Gasteiger charge is 2.52. The molecule has 1 fully saturated rings. The van der Waals surface area contributed by atoms with E-state index in [4.69, 9.17) is 0 Å². The van der Waals surface area contributed by atoms with Crippen LogP contribution < -0.4 is 5.32 Å². The minimum Gasteiger partial charge on any atom is -0.356 e. The number of benzene rings is 1. The second-order valence-corrected chi connectivity index (χ2v) is 8.48. The molecule has 0 heterocycles. The lowest BCUT2D eigenvalue weighted by atomic mass is 9.60. The molecule has 0 aromatic heterocycles. The predicted molar refractivity (Wildman–Crippen MR) is 98.1 cm³/mol. The highest BCUT2D eigenvalue weighted by Crippen LogP contribution is 2.44. The maximum atomic E-state index is 13.0. The summed E-state index contributed by atoms with van der Waals surface area (Å²) in [5.41, 5.74) is -0.638. The van der Waals surface area contributed by atoms with E-state index in [0.29, 0.717) is 31.7 Å². The van der Waals surface area contributed by atoms with E-state index in [0.717, 1.165) is 5.56 Å². The van der Waals surface area contributed by atoms with Crippen LogP contribution in [-0.2, 0) is 20.8 Å². The van der Waals surface area contributed by atoms with Crippen molar-refractivity contribution in [1.29, 1.82) is 0 Å². The molecule has 0 bridgehead atoms. The highest BCUT2D eigenvalue weighted by molar-refractivity contribution is 6.12. The number of amides is 1. The second-order valence-electron chi connectivity index (χ2n) is 8.48. The summed E-state index contributed by atoms with van der Waals surface area (Å²) in [6.07, 6.45) is 0.922. The van der Waals surface area contributed by atoms with Crippen molar-refractivity contribution >= 4 is 17.5 Å². The van der Waals surface area contributed by atoms with Gasteiger partial charge in [0.25, 0.3) is 0 Å². The van der Waals surface area contributed by atoms with Crippen molar-refractivity contribution < 1.29 is 14.4 Å². The zero-order valence-corrected chi connectivity index (χ0v) is 15.7. The summed E-state index contributed by atoms with van der Waals surface area (Å²) in [5.74, 6) is -0.0913. The molecule has 0 radical (unpaired) electrons. The zero-order chi connectivity index (χ0) is 18.7. The van der Waals surface area contributed by atoms with Crippen LogP contribution in [0.4, 0.5) is 0 Å². The fourth-order valence-corrected chi connectivity index (χ4v) is 3.48. The van der Waals surface area contributed by atoms with Crippen LogP contribution >= 0.6 is 0 Å². The normalized spacial score (nSPS) is 19.1. The van der Waals surface area contributed by atoms with Gasteiger partial charge in [0.15, 0.2) is 0 Å². The van der Waals surface area contributed by atoms with Gasteiger partial charge in [0, 0.05) is 25.8 Å². The van der Waals surface area contributed by atoms with Crippen LogP contribution in [0, 0.1) is 16.7 Å². The Balaban J connectivity index is 2.29. The number of carbonyl (C=O) groups excluding carboxylic acids is 3. The Morgan fingerprint density at radius 1 is 1.08 bits per heavy atom. The van der Waals surface area contributed by atoms with E-state index >= 15 is 0 Å². The third-order valence-electron chi connectivity index (χ3n) is 4.86. The molecule has 1 saturated carbocycles. The molecule has 0 unspecified atom stereocenters. The Hall–Kier alpha value is -1.97. The number of Topliss-reactive ketones (excluding diaryl/α,β-unsaturated/α-hetero) is 2. The number of ketones is 2. The number of carbonyl (C=O) groups is 3. The Morgan fingerprint density at radius 2 is 1.64 bits per heavy atom. The smallest absolute Gasteiger partial charge is 0.221 e. The van der Waals surface area contributed by atoms with Crippen LogP contribution in [0.2, 0.25) is 0 Å². The van der Waals surface area contributed by atoms with Crippen LogP contribution in [0.3, 0.4) is 0 Å². The largest absolute Gasteiger partial charge is 0.356 e. The minimum absolute atomic E-state index is 0.0532. The average molecular weight is 343 g/mol. The standard InChI is InChI=1S/C21H29NO3/c1-15(2)14-22-19(25)13-21(10-16-8-6-5-7-9-16)17(23)11-20(3,4)12-18(21)24/h5-9,15H,10-14H2,1-4H3,(H,22,25). The summed E-state index contributed by atoms with van der Waals surface area (Å²) in [7, 11) is 0. The molecular formula is C21H29NO3. The molecule has 1 aromatic carbocycles. The SMILES string of the molecule is CC(C)CNC(=O)CC1(Cc2ccccc2)C(=O)CC(C)(C)CC1=O. The van der Waals surface area contributed by atoms with Gasteiger partial charge in [0.1, 0.15) is 17.0 Å². The van der Waals surface area contributed by atoms with Gasteiger partial charge in [-0.05, 0) is 23.3 Å². The number of rotatable bonds is 6. The lowest BCUT2D eigenvalue weighted by Crippen LogP contribution is -2.51. The topological polar surface area (TPSA) is 63.2 Å². The fourth-order valence-electron chi connectivity index (χ4n) is 3.48. The van der Waals surface area contributed by atoms with Crippen molar-refractivity contribution in [1.82, 2.24) is 5.32 Å². The first-order valence-corrected chi connectivity index (χ1v) is 9.02. The molecule has 0 aliphatic heterocycles. The van der Waals surface area contributed by atoms with Crippen LogP contribution in [-0.4, -0.2) is 24.0 Å². The lowest BCUT2D eigenvalue weighted by molar-refractivity contribution is -0.151. The van der Waals surface area contributed by atoms with E-state index < -0.39 is 5.41 Å². The third kappa shape index (κ3) is 4.77. The van der Waals surface area contributed by atoms with Crippen LogP contribution in [0.1, 0.15) is 52.5 Å². The minimum atomic E-state index is -1.22. The molecule has 2 rings (SSSR count). The third-order valence-corrected chi connectivity index (χ3v) is 4.86. The van der Waals surface area contributed by atoms with Gasteiger partial charge in [-0.1, -0.05) is 58.0 Å². The number of hydrogen-bond acceptors (Lipinski definition) is 3. The summed E-state index contributed by atoms with van der Waals surface area (Å²) in [5, 5.41) is 2.86. The number of hydrogen-bond donors (Lipinski definition) is 1. The summed E-state index contributed by atoms with van der Waals surface area (Å²) in [6.45, 7) is 8.45. The Bertz CT molecular complexity index is 626. The Labute approximate surface area is 150 Å². The van der Waals surface area contributed by atoms with Gasteiger partial charge in [-0.2, -0.15) is 0 Å². The molecule has 1 aliphatic rings. The van der Waals surface area contributed by atoms with Gasteiger partial charge in [0.2, 0.25) is 5.91 Å². The van der Waals surface area contributed by atoms with Gasteiger partial charge in [0.05, 0.1) is 0 Å². The molecule has 0 atom stereocenters. The maximum Gasteiger partial charge on any atom is 0.221 e. The van der Waals surface area contributed by atoms with Crippen molar-refractivity contribution in [2.24, 2.45) is 16.7 Å². The Morgan fingerprint density at radius 3 is 2.16 bits per heavy atom. The van der Waals surface area contributed by atoms with Crippen molar-refractivity contribution in [3.8, 4) is 0 Å². The molecule has 0 spiro atoms. The van der Waals surface area contributed by atoms with Gasteiger partial charge in [-0.15, -0.1) is 0 Å². The fraction of sp³-hybridized carbons (Fsp3) is 0.571. The molecule has 1 N–H and O–H groups in total. The molecule has 1 aromatic rings. The molecule has 136 valence electrons. The van der Waals surface area contributed by atoms with E-state index in [1.165, 1.54) is 0 Å². The van der Waals surface area contributed by atoms with Gasteiger partial charge < -0.3 is 5.32 Å². The molecule has 1 aliphatic carbocycles. The summed E-state index contributed by atoms with van der Waals surface area (Å²) in [6, 6.07) is 9.51. The van der Waals surface area contributed by atoms with E-state index in [2.05, 4.69) is 5.32 Å². The van der Waals surface area contributed by atoms with Crippen molar-refractivity contribution in [3.05, 3.63) is 35.9 Å². The average Bonchev–Trinajstić information content (AvgIpc) is 2.51. The molecule has 4 heteroatoms. The molecular weight excluding hydrogens is 314 g/mol. The quantitative estimate of drug-likeness (QED) is 0.806. The van der Waals surface area contributed by atoms with Gasteiger partial charge in [-0.25, -0.2) is 0 Å². The van der Waals surface area contributed by atoms with Gasteiger partial charge in [-0.3, -0.25) is 14.4 Å². The van der Waals surface area contributed by atoms with Crippen LogP contribution in [0.15, 0.2) is 30.3 Å². The molecule has 25 heavy (non-hydrogen) atoms.